The number of hydrogen-bond acceptors (Lipinski definition) is 4. The fourth-order valence-electron chi connectivity index (χ4n) is 2.55. The molecule has 1 atom stereocenters. The Morgan fingerprint density at radius 2 is 1.81 bits per heavy atom. The molecular weight excluding hydrogens is 359 g/mol. The van der Waals surface area contributed by atoms with Gasteiger partial charge >= 0.3 is 0 Å². The number of hydrogen-bond donors (Lipinski definition) is 1. The number of anilines is 1. The number of methoxy groups -OCH3 is 1. The molecule has 1 amide bonds. The zero-order valence-corrected chi connectivity index (χ0v) is 15.6. The number of amides is 1. The van der Waals surface area contributed by atoms with Gasteiger partial charge in [0.15, 0.2) is 0 Å². The second-order valence-electron chi connectivity index (χ2n) is 5.75. The van der Waals surface area contributed by atoms with E-state index in [1.54, 1.807) is 25.1 Å². The summed E-state index contributed by atoms with van der Waals surface area (Å²) in [4.78, 5) is 12.4. The molecular formula is C18H21FN2O4S. The second-order valence-corrected chi connectivity index (χ2v) is 7.66. The van der Waals surface area contributed by atoms with Crippen LogP contribution in [-0.2, 0) is 14.8 Å². The number of nitrogens with zero attached hydrogens (tertiary/aromatic N) is 1. The predicted molar refractivity (Wildman–Crippen MR) is 98.1 cm³/mol. The Kier molecular flexibility index (Phi) is 6.20. The highest BCUT2D eigenvalue weighted by Crippen LogP contribution is 2.25. The number of rotatable bonds is 7. The summed E-state index contributed by atoms with van der Waals surface area (Å²) < 4.78 is 44.1. The van der Waals surface area contributed by atoms with E-state index in [4.69, 9.17) is 4.74 Å². The molecule has 8 heteroatoms. The topological polar surface area (TPSA) is 75.7 Å². The highest BCUT2D eigenvalue weighted by molar-refractivity contribution is 7.92. The van der Waals surface area contributed by atoms with Gasteiger partial charge in [-0.25, -0.2) is 12.8 Å². The normalized spacial score (nSPS) is 12.3. The Morgan fingerprint density at radius 1 is 1.19 bits per heavy atom. The minimum atomic E-state index is -3.84. The molecule has 0 radical (unpaired) electrons. The number of nitrogens with one attached hydrogen (secondary N) is 1. The Morgan fingerprint density at radius 3 is 2.42 bits per heavy atom. The molecule has 0 saturated heterocycles. The summed E-state index contributed by atoms with van der Waals surface area (Å²) in [6.45, 7) is 1.23. The molecule has 0 aliphatic carbocycles. The molecule has 0 heterocycles. The molecule has 26 heavy (non-hydrogen) atoms. The van der Waals surface area contributed by atoms with E-state index in [0.29, 0.717) is 5.75 Å². The quantitative estimate of drug-likeness (QED) is 0.801. The van der Waals surface area contributed by atoms with Crippen molar-refractivity contribution in [3.05, 3.63) is 59.9 Å². The lowest BCUT2D eigenvalue weighted by atomic mass is 10.1. The van der Waals surface area contributed by atoms with Crippen molar-refractivity contribution < 1.29 is 22.3 Å². The van der Waals surface area contributed by atoms with Gasteiger partial charge in [0.1, 0.15) is 18.1 Å². The van der Waals surface area contributed by atoms with Crippen molar-refractivity contribution in [2.24, 2.45) is 0 Å². The van der Waals surface area contributed by atoms with Crippen LogP contribution < -0.4 is 14.4 Å². The second kappa shape index (κ2) is 8.18. The predicted octanol–water partition coefficient (Wildman–Crippen LogP) is 2.48. The molecule has 6 nitrogen and oxygen atoms in total. The van der Waals surface area contributed by atoms with Gasteiger partial charge in [0.2, 0.25) is 15.9 Å². The van der Waals surface area contributed by atoms with Crippen LogP contribution >= 0.6 is 0 Å². The third-order valence-electron chi connectivity index (χ3n) is 3.79. The molecule has 0 fully saturated rings. The maximum Gasteiger partial charge on any atom is 0.241 e. The van der Waals surface area contributed by atoms with E-state index in [1.165, 1.54) is 25.3 Å². The SMILES string of the molecule is COc1ccccc1[C@@H](C)NC(=O)CN(c1ccccc1F)S(C)(=O)=O. The molecule has 0 bridgehead atoms. The molecule has 0 spiro atoms. The van der Waals surface area contributed by atoms with Crippen LogP contribution in [0.25, 0.3) is 0 Å². The van der Waals surface area contributed by atoms with E-state index in [1.807, 2.05) is 6.07 Å². The van der Waals surface area contributed by atoms with Crippen molar-refractivity contribution in [2.45, 2.75) is 13.0 Å². The van der Waals surface area contributed by atoms with Crippen LogP contribution in [0.2, 0.25) is 0 Å². The number of carbonyl (C=O) groups excluding carboxylic acids is 1. The van der Waals surface area contributed by atoms with Gasteiger partial charge < -0.3 is 10.1 Å². The maximum atomic E-state index is 14.0. The number of benzene rings is 2. The van der Waals surface area contributed by atoms with E-state index in [-0.39, 0.29) is 5.69 Å². The van der Waals surface area contributed by atoms with Gasteiger partial charge in [0, 0.05) is 5.56 Å². The third-order valence-corrected chi connectivity index (χ3v) is 4.92. The lowest BCUT2D eigenvalue weighted by Gasteiger charge is -2.24. The van der Waals surface area contributed by atoms with Gasteiger partial charge in [0.05, 0.1) is 25.1 Å². The van der Waals surface area contributed by atoms with Crippen molar-refractivity contribution >= 4 is 21.6 Å². The molecule has 0 aromatic heterocycles. The Labute approximate surface area is 152 Å². The first kappa shape index (κ1) is 19.7. The zero-order valence-electron chi connectivity index (χ0n) is 14.8. The van der Waals surface area contributed by atoms with E-state index < -0.39 is 34.3 Å². The van der Waals surface area contributed by atoms with Crippen molar-refractivity contribution in [3.63, 3.8) is 0 Å². The average molecular weight is 380 g/mol. The van der Waals surface area contributed by atoms with Gasteiger partial charge in [-0.3, -0.25) is 9.10 Å². The van der Waals surface area contributed by atoms with Gasteiger partial charge in [-0.1, -0.05) is 30.3 Å². The Hall–Kier alpha value is -2.61. The summed E-state index contributed by atoms with van der Waals surface area (Å²) in [6.07, 6.45) is 0.927. The monoisotopic (exact) mass is 380 g/mol. The van der Waals surface area contributed by atoms with Gasteiger partial charge in [-0.15, -0.1) is 0 Å². The molecule has 1 N–H and O–H groups in total. The van der Waals surface area contributed by atoms with E-state index in [2.05, 4.69) is 5.32 Å². The zero-order chi connectivity index (χ0) is 19.3. The highest BCUT2D eigenvalue weighted by Gasteiger charge is 2.24. The van der Waals surface area contributed by atoms with E-state index in [9.17, 15) is 17.6 Å². The minimum absolute atomic E-state index is 0.171. The highest BCUT2D eigenvalue weighted by atomic mass is 32.2. The van der Waals surface area contributed by atoms with Crippen molar-refractivity contribution in [1.82, 2.24) is 5.32 Å². The molecule has 0 aliphatic heterocycles. The van der Waals surface area contributed by atoms with Crippen LogP contribution in [0.5, 0.6) is 5.75 Å². The fourth-order valence-corrected chi connectivity index (χ4v) is 3.41. The molecule has 0 unspecified atom stereocenters. The summed E-state index contributed by atoms with van der Waals surface area (Å²) in [5.74, 6) is -0.671. The van der Waals surface area contributed by atoms with Crippen LogP contribution in [0.15, 0.2) is 48.5 Å². The summed E-state index contributed by atoms with van der Waals surface area (Å²) in [5.41, 5.74) is 0.579. The number of halogens is 1. The first-order valence-electron chi connectivity index (χ1n) is 7.88. The minimum Gasteiger partial charge on any atom is -0.496 e. The van der Waals surface area contributed by atoms with Crippen molar-refractivity contribution in [1.29, 1.82) is 0 Å². The summed E-state index contributed by atoms with van der Waals surface area (Å²) in [7, 11) is -2.32. The van der Waals surface area contributed by atoms with Crippen molar-refractivity contribution in [2.75, 3.05) is 24.2 Å². The van der Waals surface area contributed by atoms with E-state index in [0.717, 1.165) is 22.2 Å². The maximum absolute atomic E-state index is 14.0. The molecule has 0 saturated carbocycles. The molecule has 140 valence electrons. The Balaban J connectivity index is 2.19. The van der Waals surface area contributed by atoms with Gasteiger partial charge in [-0.05, 0) is 25.1 Å². The Bertz CT molecular complexity index is 886. The number of para-hydroxylation sites is 2. The molecule has 0 aliphatic rings. The summed E-state index contributed by atoms with van der Waals surface area (Å²) >= 11 is 0. The van der Waals surface area contributed by atoms with Crippen LogP contribution in [0.1, 0.15) is 18.5 Å². The van der Waals surface area contributed by atoms with Crippen LogP contribution in [0, 0.1) is 5.82 Å². The average Bonchev–Trinajstić information content (AvgIpc) is 2.59. The van der Waals surface area contributed by atoms with Crippen LogP contribution in [-0.4, -0.2) is 34.2 Å². The number of ether oxygens (including phenoxy) is 1. The van der Waals surface area contributed by atoms with Crippen LogP contribution in [0.4, 0.5) is 10.1 Å². The van der Waals surface area contributed by atoms with Crippen LogP contribution in [0.3, 0.4) is 0 Å². The number of carbonyl (C=O) groups is 1. The molecule has 2 rings (SSSR count). The van der Waals surface area contributed by atoms with Crippen molar-refractivity contribution in [3.8, 4) is 5.75 Å². The fraction of sp³-hybridized carbons (Fsp3) is 0.278. The summed E-state index contributed by atoms with van der Waals surface area (Å²) in [6, 6.07) is 12.2. The first-order valence-corrected chi connectivity index (χ1v) is 9.73. The lowest BCUT2D eigenvalue weighted by molar-refractivity contribution is -0.120. The van der Waals surface area contributed by atoms with E-state index >= 15 is 0 Å². The summed E-state index contributed by atoms with van der Waals surface area (Å²) in [5, 5.41) is 2.72. The molecule has 2 aromatic carbocycles. The van der Waals surface area contributed by atoms with Gasteiger partial charge in [-0.2, -0.15) is 0 Å². The third kappa shape index (κ3) is 4.72. The number of sulfonamides is 1. The first-order chi connectivity index (χ1) is 12.2. The largest absolute Gasteiger partial charge is 0.496 e. The smallest absolute Gasteiger partial charge is 0.241 e. The lowest BCUT2D eigenvalue weighted by Crippen LogP contribution is -2.41. The van der Waals surface area contributed by atoms with Gasteiger partial charge in [0.25, 0.3) is 0 Å². The molecule has 2 aromatic rings. The standard InChI is InChI=1S/C18H21FN2O4S/c1-13(14-8-4-7-11-17(14)25-2)20-18(22)12-21(26(3,23)24)16-10-6-5-9-15(16)19/h4-11,13H,12H2,1-3H3,(H,20,22)/t13-/m1/s1.